The fraction of sp³-hybridized carbons (Fsp3) is 0.273. The first-order chi connectivity index (χ1) is 13.6. The molecule has 0 spiro atoms. The number of fused-ring (bicyclic) bond motifs is 4. The van der Waals surface area contributed by atoms with Gasteiger partial charge in [-0.05, 0) is 62.1 Å². The van der Waals surface area contributed by atoms with E-state index in [4.69, 9.17) is 17.8 Å². The van der Waals surface area contributed by atoms with Crippen LogP contribution in [0.1, 0.15) is 31.8 Å². The summed E-state index contributed by atoms with van der Waals surface area (Å²) in [6.45, 7) is 7.72. The van der Waals surface area contributed by atoms with Gasteiger partial charge < -0.3 is 13.7 Å². The molecule has 5 rings (SSSR count). The minimum Gasteiger partial charge on any atom is -0.456 e. The number of furan rings is 1. The van der Waals surface area contributed by atoms with Crippen LogP contribution in [0.5, 0.6) is 0 Å². The Labute approximate surface area is 157 Å². The normalized spacial score (nSPS) is 20.6. The lowest BCUT2D eigenvalue weighted by Gasteiger charge is -2.32. The van der Waals surface area contributed by atoms with Gasteiger partial charge in [0.25, 0.3) is 0 Å². The zero-order valence-corrected chi connectivity index (χ0v) is 15.3. The third kappa shape index (κ3) is 2.22. The van der Waals surface area contributed by atoms with Gasteiger partial charge in [-0.3, -0.25) is 0 Å². The molecule has 3 aromatic carbocycles. The number of hydrogen-bond donors (Lipinski definition) is 0. The zero-order valence-electron chi connectivity index (χ0n) is 18.3. The number of benzene rings is 3. The summed E-state index contributed by atoms with van der Waals surface area (Å²) in [5, 5.41) is 3.33. The van der Waals surface area contributed by atoms with E-state index in [1.165, 1.54) is 0 Å². The van der Waals surface area contributed by atoms with E-state index in [9.17, 15) is 0 Å². The zero-order chi connectivity index (χ0) is 20.7. The molecule has 0 aliphatic carbocycles. The van der Waals surface area contributed by atoms with Crippen molar-refractivity contribution in [2.24, 2.45) is 0 Å². The van der Waals surface area contributed by atoms with Crippen LogP contribution >= 0.6 is 0 Å². The molecule has 0 bridgehead atoms. The molecule has 1 aromatic heterocycles. The van der Waals surface area contributed by atoms with E-state index in [0.717, 1.165) is 16.2 Å². The van der Waals surface area contributed by atoms with Crippen molar-refractivity contribution in [1.82, 2.24) is 0 Å². The van der Waals surface area contributed by atoms with Crippen LogP contribution in [-0.4, -0.2) is 18.3 Å². The maximum absolute atomic E-state index is 8.88. The smallest absolute Gasteiger partial charge is 0.456 e. The second kappa shape index (κ2) is 5.12. The summed E-state index contributed by atoms with van der Waals surface area (Å²) in [7, 11) is -0.876. The molecule has 4 aromatic rings. The molecule has 0 saturated carbocycles. The van der Waals surface area contributed by atoms with Crippen molar-refractivity contribution < 1.29 is 17.8 Å². The maximum Gasteiger partial charge on any atom is 0.494 e. The van der Waals surface area contributed by atoms with E-state index in [0.29, 0.717) is 11.0 Å². The molecular weight excluding hydrogens is 323 g/mol. The highest BCUT2D eigenvalue weighted by molar-refractivity contribution is 6.62. The van der Waals surface area contributed by atoms with E-state index in [1.54, 1.807) is 0 Å². The SMILES string of the molecule is [2H]c1c(B2OC(C)(C)C(C)(C)O2)c([2H])c2c(oc3cc4ccccc4cc32)c1[2H]. The first-order valence-electron chi connectivity index (χ1n) is 10.3. The lowest BCUT2D eigenvalue weighted by atomic mass is 9.78. The Morgan fingerprint density at radius 1 is 0.846 bits per heavy atom. The summed E-state index contributed by atoms with van der Waals surface area (Å²) < 4.78 is 44.1. The summed E-state index contributed by atoms with van der Waals surface area (Å²) in [6.07, 6.45) is 0. The first-order valence-corrected chi connectivity index (χ1v) is 8.81. The summed E-state index contributed by atoms with van der Waals surface area (Å²) in [5.74, 6) is 0. The molecule has 1 fully saturated rings. The molecule has 1 aliphatic rings. The van der Waals surface area contributed by atoms with Crippen LogP contribution in [0.15, 0.2) is 58.9 Å². The molecular formula is C22H21BO3. The number of rotatable bonds is 1. The monoisotopic (exact) mass is 347 g/mol. The van der Waals surface area contributed by atoms with Crippen LogP contribution in [0.3, 0.4) is 0 Å². The van der Waals surface area contributed by atoms with Gasteiger partial charge in [0.15, 0.2) is 0 Å². The fourth-order valence-electron chi connectivity index (χ4n) is 3.36. The van der Waals surface area contributed by atoms with E-state index in [1.807, 2.05) is 64.1 Å². The van der Waals surface area contributed by atoms with Gasteiger partial charge in [-0.1, -0.05) is 36.4 Å². The van der Waals surface area contributed by atoms with Gasteiger partial charge in [-0.25, -0.2) is 0 Å². The minimum absolute atomic E-state index is 0.0547. The highest BCUT2D eigenvalue weighted by atomic mass is 16.7. The Morgan fingerprint density at radius 2 is 1.50 bits per heavy atom. The van der Waals surface area contributed by atoms with Crippen molar-refractivity contribution in [2.45, 2.75) is 38.9 Å². The van der Waals surface area contributed by atoms with Crippen LogP contribution in [0.4, 0.5) is 0 Å². The standard InChI is InChI=1S/C22H21BO3/c1-21(2)22(3,4)26-23(25-21)16-9-10-19-18(13-16)17-11-14-7-5-6-8-15(14)12-20(17)24-19/h5-13H,1-4H3/i9D,10D,13D. The third-order valence-corrected chi connectivity index (χ3v) is 5.62. The fourth-order valence-corrected chi connectivity index (χ4v) is 3.36. The topological polar surface area (TPSA) is 31.6 Å². The van der Waals surface area contributed by atoms with E-state index in [2.05, 4.69) is 0 Å². The van der Waals surface area contributed by atoms with Gasteiger partial charge in [-0.15, -0.1) is 0 Å². The largest absolute Gasteiger partial charge is 0.494 e. The van der Waals surface area contributed by atoms with Crippen molar-refractivity contribution in [3.05, 3.63) is 54.5 Å². The Kier molecular flexibility index (Phi) is 2.55. The van der Waals surface area contributed by atoms with Crippen molar-refractivity contribution >= 4 is 45.3 Å². The van der Waals surface area contributed by atoms with E-state index in [-0.39, 0.29) is 29.2 Å². The molecule has 2 heterocycles. The first kappa shape index (κ1) is 13.0. The third-order valence-electron chi connectivity index (χ3n) is 5.62. The van der Waals surface area contributed by atoms with Crippen LogP contribution in [-0.2, 0) is 9.31 Å². The molecule has 4 heteroatoms. The van der Waals surface area contributed by atoms with Gasteiger partial charge >= 0.3 is 7.12 Å². The van der Waals surface area contributed by atoms with Gasteiger partial charge in [0.1, 0.15) is 11.2 Å². The van der Waals surface area contributed by atoms with Crippen molar-refractivity contribution in [2.75, 3.05) is 0 Å². The second-order valence-corrected chi connectivity index (χ2v) is 7.88. The Balaban J connectivity index is 1.82. The molecule has 0 unspecified atom stereocenters. The predicted molar refractivity (Wildman–Crippen MR) is 107 cm³/mol. The van der Waals surface area contributed by atoms with Gasteiger partial charge in [0, 0.05) is 10.8 Å². The molecule has 0 atom stereocenters. The molecule has 130 valence electrons. The summed E-state index contributed by atoms with van der Waals surface area (Å²) in [5.41, 5.74) is -0.0567. The Hall–Kier alpha value is -2.30. The lowest BCUT2D eigenvalue weighted by Crippen LogP contribution is -2.41. The van der Waals surface area contributed by atoms with Crippen LogP contribution in [0, 0.1) is 0 Å². The van der Waals surface area contributed by atoms with Gasteiger partial charge in [0.05, 0.1) is 15.3 Å². The van der Waals surface area contributed by atoms with Crippen molar-refractivity contribution in [3.8, 4) is 0 Å². The maximum atomic E-state index is 8.88. The lowest BCUT2D eigenvalue weighted by molar-refractivity contribution is 0.00578. The number of hydrogen-bond acceptors (Lipinski definition) is 3. The minimum atomic E-state index is -0.876. The summed E-state index contributed by atoms with van der Waals surface area (Å²) in [6, 6.07) is 11.8. The van der Waals surface area contributed by atoms with E-state index >= 15 is 0 Å². The molecule has 0 radical (unpaired) electrons. The average Bonchev–Trinajstić information content (AvgIpc) is 3.11. The predicted octanol–water partition coefficient (Wildman–Crippen LogP) is 5.04. The van der Waals surface area contributed by atoms with Gasteiger partial charge in [-0.2, -0.15) is 0 Å². The quantitative estimate of drug-likeness (QED) is 0.452. The van der Waals surface area contributed by atoms with Crippen LogP contribution in [0.2, 0.25) is 0 Å². The molecule has 26 heavy (non-hydrogen) atoms. The van der Waals surface area contributed by atoms with Crippen LogP contribution < -0.4 is 5.46 Å². The molecule has 0 amide bonds. The average molecular weight is 347 g/mol. The molecule has 3 nitrogen and oxygen atoms in total. The molecule has 1 saturated heterocycles. The van der Waals surface area contributed by atoms with Crippen LogP contribution in [0.25, 0.3) is 32.7 Å². The summed E-state index contributed by atoms with van der Waals surface area (Å²) >= 11 is 0. The van der Waals surface area contributed by atoms with E-state index < -0.39 is 18.3 Å². The Bertz CT molecular complexity index is 1290. The highest BCUT2D eigenvalue weighted by Gasteiger charge is 2.51. The summed E-state index contributed by atoms with van der Waals surface area (Å²) in [4.78, 5) is 0. The highest BCUT2D eigenvalue weighted by Crippen LogP contribution is 2.37. The van der Waals surface area contributed by atoms with Crippen molar-refractivity contribution in [3.63, 3.8) is 0 Å². The Morgan fingerprint density at radius 3 is 2.19 bits per heavy atom. The van der Waals surface area contributed by atoms with Gasteiger partial charge in [0.2, 0.25) is 0 Å². The molecule has 1 aliphatic heterocycles. The molecule has 0 N–H and O–H groups in total. The second-order valence-electron chi connectivity index (χ2n) is 7.88. The van der Waals surface area contributed by atoms with Crippen molar-refractivity contribution in [1.29, 1.82) is 0 Å².